The molecule has 0 radical (unpaired) electrons. The van der Waals surface area contributed by atoms with E-state index < -0.39 is 34.6 Å². The van der Waals surface area contributed by atoms with Crippen LogP contribution in [0.4, 0.5) is 26.3 Å². The molecule has 21 heteroatoms. The number of nitrogens with zero attached hydrogens (tertiary/aromatic N) is 15. The van der Waals surface area contributed by atoms with E-state index in [1.807, 2.05) is 24.3 Å². The second-order valence-electron chi connectivity index (χ2n) is 19.3. The van der Waals surface area contributed by atoms with Gasteiger partial charge in [-0.1, -0.05) is 6.07 Å². The maximum absolute atomic E-state index is 15.5. The fourth-order valence-corrected chi connectivity index (χ4v) is 10.7. The fraction of sp³-hybridized carbons (Fsp3) is 0.169. The molecule has 0 aliphatic carbocycles. The molecule has 12 aromatic rings. The second kappa shape index (κ2) is 18.6. The van der Waals surface area contributed by atoms with Crippen molar-refractivity contribution in [3.8, 4) is 74.1 Å². The van der Waals surface area contributed by atoms with Gasteiger partial charge in [0.1, 0.15) is 58.2 Å². The molecule has 0 bridgehead atoms. The van der Waals surface area contributed by atoms with Crippen LogP contribution in [-0.4, -0.2) is 68.9 Å². The van der Waals surface area contributed by atoms with Crippen LogP contribution in [0.3, 0.4) is 0 Å². The number of fused-ring (bicyclic) bond motifs is 6. The van der Waals surface area contributed by atoms with Crippen molar-refractivity contribution in [2.24, 2.45) is 0 Å². The lowest BCUT2D eigenvalue weighted by molar-refractivity contribution is -0.142. The average molecular weight is 1070 g/mol. The second-order valence-corrected chi connectivity index (χ2v) is 19.3. The van der Waals surface area contributed by atoms with E-state index in [1.54, 1.807) is 113 Å². The minimum Gasteiger partial charge on any atom is -0.308 e. The van der Waals surface area contributed by atoms with Crippen LogP contribution in [0, 0.1) is 66.7 Å². The van der Waals surface area contributed by atoms with Gasteiger partial charge in [-0.2, -0.15) is 31.6 Å². The number of hydrogen-bond donors (Lipinski definition) is 0. The molecular weight excluding hydrogens is 1030 g/mol. The smallest absolute Gasteiger partial charge is 0.308 e. The van der Waals surface area contributed by atoms with Gasteiger partial charge in [-0.15, -0.1) is 0 Å². The molecule has 80 heavy (non-hydrogen) atoms. The summed E-state index contributed by atoms with van der Waals surface area (Å²) in [6, 6.07) is 28.3. The van der Waals surface area contributed by atoms with Crippen LogP contribution in [0.15, 0.2) is 103 Å². The first-order valence-electron chi connectivity index (χ1n) is 24.9. The summed E-state index contributed by atoms with van der Waals surface area (Å²) in [5.41, 5.74) is -0.717. The van der Waals surface area contributed by atoms with Crippen molar-refractivity contribution in [2.75, 3.05) is 0 Å². The third-order valence-electron chi connectivity index (χ3n) is 13.7. The third kappa shape index (κ3) is 8.83. The highest BCUT2D eigenvalue weighted by Crippen LogP contribution is 2.48. The summed E-state index contributed by atoms with van der Waals surface area (Å²) in [5, 5.41) is 14.1. The molecule has 6 aromatic carbocycles. The standard InChI is InChI=1S/C59H41F6N15/c1-27-67-28(2)72-54(71-27)35-12-16-47-40(20-35)41-21-36(55-73-29(3)68-30(4)74-55)13-17-48(41)79(47)51-24-39(53-45(58(60,61)62)10-9-11-46(53)59(63,64)65)25-52(44(51)26-66)80-49-18-14-37(56-75-31(5)69-32(6)76-56)22-42(49)43-23-38(15-19-50(43)80)57-77-33(7)70-34(8)78-57/h9-25H,1-8H3. The SMILES string of the molecule is Cc1nc(C)nc(-c2ccc3c(c2)c2cc(-c4nc(C)nc(C)n4)ccc2n3-c2cc(-c3c(C(F)(F)F)cccc3C(F)(F)F)cc(-n3c4ccc(-c5nc(C)nc(C)n5)cc4c4cc(-c5nc(C)nc(C)n5)ccc43)c2C#N)n1. The highest BCUT2D eigenvalue weighted by atomic mass is 19.4. The molecular formula is C59H41F6N15. The minimum atomic E-state index is -5.26. The number of hydrogen-bond acceptors (Lipinski definition) is 13. The number of benzene rings is 6. The van der Waals surface area contributed by atoms with E-state index in [0.29, 0.717) is 148 Å². The van der Waals surface area contributed by atoms with Crippen LogP contribution in [-0.2, 0) is 12.4 Å². The summed E-state index contributed by atoms with van der Waals surface area (Å²) in [4.78, 5) is 54.3. The van der Waals surface area contributed by atoms with Crippen LogP contribution in [0.2, 0.25) is 0 Å². The maximum atomic E-state index is 15.5. The summed E-state index contributed by atoms with van der Waals surface area (Å²) in [6.07, 6.45) is -10.5. The molecule has 0 fully saturated rings. The molecule has 0 aliphatic rings. The van der Waals surface area contributed by atoms with Gasteiger partial charge in [-0.05, 0) is 158 Å². The first-order chi connectivity index (χ1) is 38.1. The number of halogens is 6. The molecule has 15 nitrogen and oxygen atoms in total. The van der Waals surface area contributed by atoms with E-state index >= 15 is 26.3 Å². The Morgan fingerprint density at radius 1 is 0.350 bits per heavy atom. The third-order valence-corrected chi connectivity index (χ3v) is 13.7. The van der Waals surface area contributed by atoms with Crippen LogP contribution in [0.1, 0.15) is 63.3 Å². The first-order valence-corrected chi connectivity index (χ1v) is 24.9. The minimum absolute atomic E-state index is 0.0279. The van der Waals surface area contributed by atoms with Gasteiger partial charge in [0.05, 0.1) is 44.6 Å². The normalized spacial score (nSPS) is 12.1. The van der Waals surface area contributed by atoms with Gasteiger partial charge in [0.25, 0.3) is 0 Å². The molecule has 0 unspecified atom stereocenters. The predicted octanol–water partition coefficient (Wildman–Crippen LogP) is 13.3. The Morgan fingerprint density at radius 2 is 0.613 bits per heavy atom. The summed E-state index contributed by atoms with van der Waals surface area (Å²) >= 11 is 0. The van der Waals surface area contributed by atoms with Gasteiger partial charge >= 0.3 is 12.4 Å². The van der Waals surface area contributed by atoms with Crippen molar-refractivity contribution >= 4 is 43.6 Å². The monoisotopic (exact) mass is 1070 g/mol. The Morgan fingerprint density at radius 3 is 0.850 bits per heavy atom. The number of rotatable bonds is 7. The summed E-state index contributed by atoms with van der Waals surface area (Å²) in [5.74, 6) is 5.25. The lowest BCUT2D eigenvalue weighted by Crippen LogP contribution is -2.15. The zero-order chi connectivity index (χ0) is 56.3. The van der Waals surface area contributed by atoms with E-state index in [2.05, 4.69) is 65.9 Å². The Balaban J connectivity index is 1.24. The topological polar surface area (TPSA) is 188 Å². The van der Waals surface area contributed by atoms with Gasteiger partial charge in [0, 0.05) is 49.4 Å². The number of aromatic nitrogens is 14. The molecule has 394 valence electrons. The highest BCUT2D eigenvalue weighted by Gasteiger charge is 2.41. The average Bonchev–Trinajstić information content (AvgIpc) is 3.98. The van der Waals surface area contributed by atoms with Crippen LogP contribution >= 0.6 is 0 Å². The lowest BCUT2D eigenvalue weighted by Gasteiger charge is -2.22. The zero-order valence-corrected chi connectivity index (χ0v) is 43.8. The van der Waals surface area contributed by atoms with Gasteiger partial charge in [-0.25, -0.2) is 59.8 Å². The molecule has 0 saturated heterocycles. The van der Waals surface area contributed by atoms with Crippen LogP contribution < -0.4 is 0 Å². The van der Waals surface area contributed by atoms with Crippen molar-refractivity contribution in [1.82, 2.24) is 68.9 Å². The van der Waals surface area contributed by atoms with Crippen LogP contribution in [0.5, 0.6) is 0 Å². The largest absolute Gasteiger partial charge is 0.417 e. The van der Waals surface area contributed by atoms with Crippen molar-refractivity contribution in [3.05, 3.63) is 166 Å². The van der Waals surface area contributed by atoms with Crippen molar-refractivity contribution in [1.29, 1.82) is 5.26 Å². The Bertz CT molecular complexity index is 4070. The fourth-order valence-electron chi connectivity index (χ4n) is 10.7. The Labute approximate surface area is 450 Å². The molecule has 12 rings (SSSR count). The van der Waals surface area contributed by atoms with E-state index in [-0.39, 0.29) is 16.9 Å². The first kappa shape index (κ1) is 50.8. The maximum Gasteiger partial charge on any atom is 0.417 e. The number of alkyl halides is 6. The van der Waals surface area contributed by atoms with E-state index in [0.717, 1.165) is 6.07 Å². The van der Waals surface area contributed by atoms with E-state index in [9.17, 15) is 5.26 Å². The van der Waals surface area contributed by atoms with E-state index in [1.165, 1.54) is 12.1 Å². The van der Waals surface area contributed by atoms with Gasteiger partial charge in [0.2, 0.25) is 0 Å². The molecule has 0 spiro atoms. The predicted molar refractivity (Wildman–Crippen MR) is 288 cm³/mol. The lowest BCUT2D eigenvalue weighted by atomic mass is 9.91. The summed E-state index contributed by atoms with van der Waals surface area (Å²) in [7, 11) is 0. The molecule has 6 heterocycles. The van der Waals surface area contributed by atoms with Crippen molar-refractivity contribution in [2.45, 2.75) is 67.7 Å². The highest BCUT2D eigenvalue weighted by molar-refractivity contribution is 6.13. The van der Waals surface area contributed by atoms with Gasteiger partial charge in [0.15, 0.2) is 23.3 Å². The number of nitriles is 1. The molecule has 0 atom stereocenters. The Hall–Kier alpha value is -9.97. The van der Waals surface area contributed by atoms with Crippen molar-refractivity contribution in [3.63, 3.8) is 0 Å². The zero-order valence-electron chi connectivity index (χ0n) is 43.8. The van der Waals surface area contributed by atoms with E-state index in [4.69, 9.17) is 0 Å². The van der Waals surface area contributed by atoms with Crippen LogP contribution in [0.25, 0.3) is 112 Å². The molecule has 6 aromatic heterocycles. The molecule has 0 aliphatic heterocycles. The quantitative estimate of drug-likeness (QED) is 0.137. The molecule has 0 amide bonds. The molecule has 0 saturated carbocycles. The van der Waals surface area contributed by atoms with Crippen molar-refractivity contribution < 1.29 is 26.3 Å². The number of aryl methyl sites for hydroxylation is 8. The summed E-state index contributed by atoms with van der Waals surface area (Å²) in [6.45, 7) is 13.9. The molecule has 0 N–H and O–H groups in total. The summed E-state index contributed by atoms with van der Waals surface area (Å²) < 4.78 is 96.1. The van der Waals surface area contributed by atoms with Gasteiger partial charge in [-0.3, -0.25) is 0 Å². The Kier molecular flexibility index (Phi) is 11.8. The van der Waals surface area contributed by atoms with Gasteiger partial charge < -0.3 is 9.13 Å².